The number of halogens is 2. The molecule has 5 heteroatoms. The van der Waals surface area contributed by atoms with E-state index in [4.69, 9.17) is 5.73 Å². The van der Waals surface area contributed by atoms with Crippen LogP contribution in [0.4, 0.5) is 0 Å². The molecule has 0 bridgehead atoms. The van der Waals surface area contributed by atoms with Gasteiger partial charge in [0.15, 0.2) is 0 Å². The number of aromatic nitrogens is 2. The van der Waals surface area contributed by atoms with E-state index in [1.165, 1.54) is 0 Å². The lowest BCUT2D eigenvalue weighted by atomic mass is 10.1. The summed E-state index contributed by atoms with van der Waals surface area (Å²) in [6.45, 7) is 0. The summed E-state index contributed by atoms with van der Waals surface area (Å²) in [5.41, 5.74) is 8.10. The van der Waals surface area contributed by atoms with Gasteiger partial charge in [0, 0.05) is 27.5 Å². The van der Waals surface area contributed by atoms with Gasteiger partial charge in [0.25, 0.3) is 0 Å². The van der Waals surface area contributed by atoms with Crippen molar-refractivity contribution in [2.24, 2.45) is 5.73 Å². The van der Waals surface area contributed by atoms with Crippen LogP contribution in [-0.4, -0.2) is 9.97 Å². The Morgan fingerprint density at radius 2 is 2.12 bits per heavy atom. The van der Waals surface area contributed by atoms with Crippen molar-refractivity contribution in [1.29, 1.82) is 0 Å². The highest BCUT2D eigenvalue weighted by molar-refractivity contribution is 9.10. The fourth-order valence-corrected chi connectivity index (χ4v) is 2.55. The SMILES string of the molecule is NC(Cc1cncc(Br)c1)c1ncccc1Br. The van der Waals surface area contributed by atoms with E-state index in [9.17, 15) is 0 Å². The van der Waals surface area contributed by atoms with Crippen LogP contribution in [0.5, 0.6) is 0 Å². The van der Waals surface area contributed by atoms with E-state index < -0.39 is 0 Å². The largest absolute Gasteiger partial charge is 0.322 e. The van der Waals surface area contributed by atoms with Gasteiger partial charge in [0.05, 0.1) is 11.7 Å². The molecule has 3 nitrogen and oxygen atoms in total. The third-order valence-corrected chi connectivity index (χ3v) is 3.46. The number of pyridine rings is 2. The van der Waals surface area contributed by atoms with Crippen LogP contribution in [0.2, 0.25) is 0 Å². The smallest absolute Gasteiger partial charge is 0.0716 e. The van der Waals surface area contributed by atoms with Crippen molar-refractivity contribution in [3.05, 3.63) is 57.0 Å². The summed E-state index contributed by atoms with van der Waals surface area (Å²) in [6, 6.07) is 5.70. The maximum Gasteiger partial charge on any atom is 0.0716 e. The quantitative estimate of drug-likeness (QED) is 0.918. The van der Waals surface area contributed by atoms with E-state index in [0.717, 1.165) is 20.2 Å². The van der Waals surface area contributed by atoms with Gasteiger partial charge in [-0.05, 0) is 62.0 Å². The summed E-state index contributed by atoms with van der Waals surface area (Å²) >= 11 is 6.85. The Hall–Kier alpha value is -0.780. The predicted molar refractivity (Wildman–Crippen MR) is 74.5 cm³/mol. The van der Waals surface area contributed by atoms with Gasteiger partial charge in [-0.25, -0.2) is 0 Å². The summed E-state index contributed by atoms with van der Waals surface area (Å²) in [6.07, 6.45) is 6.04. The lowest BCUT2D eigenvalue weighted by molar-refractivity contribution is 0.690. The van der Waals surface area contributed by atoms with Crippen molar-refractivity contribution in [1.82, 2.24) is 9.97 Å². The van der Waals surface area contributed by atoms with Crippen LogP contribution in [0, 0.1) is 0 Å². The highest BCUT2D eigenvalue weighted by Gasteiger charge is 2.12. The van der Waals surface area contributed by atoms with Gasteiger partial charge in [0.2, 0.25) is 0 Å². The van der Waals surface area contributed by atoms with Crippen LogP contribution in [0.15, 0.2) is 45.7 Å². The number of hydrogen-bond donors (Lipinski definition) is 1. The monoisotopic (exact) mass is 355 g/mol. The predicted octanol–water partition coefficient (Wildman–Crippen LogP) is 3.24. The first-order valence-corrected chi connectivity index (χ1v) is 6.71. The highest BCUT2D eigenvalue weighted by atomic mass is 79.9. The van der Waals surface area contributed by atoms with Gasteiger partial charge in [-0.1, -0.05) is 0 Å². The lowest BCUT2D eigenvalue weighted by Gasteiger charge is -2.12. The van der Waals surface area contributed by atoms with E-state index in [1.807, 2.05) is 24.4 Å². The molecule has 17 heavy (non-hydrogen) atoms. The molecule has 0 amide bonds. The minimum absolute atomic E-state index is 0.137. The second-order valence-electron chi connectivity index (χ2n) is 3.69. The molecule has 0 spiro atoms. The first-order valence-electron chi connectivity index (χ1n) is 5.12. The third-order valence-electron chi connectivity index (χ3n) is 2.36. The van der Waals surface area contributed by atoms with Crippen LogP contribution in [-0.2, 0) is 6.42 Å². The maximum atomic E-state index is 6.14. The molecule has 2 heterocycles. The molecular weight excluding hydrogens is 346 g/mol. The topological polar surface area (TPSA) is 51.8 Å². The Balaban J connectivity index is 2.17. The Morgan fingerprint density at radius 3 is 2.82 bits per heavy atom. The number of nitrogens with zero attached hydrogens (tertiary/aromatic N) is 2. The fourth-order valence-electron chi connectivity index (χ4n) is 1.59. The van der Waals surface area contributed by atoms with Gasteiger partial charge < -0.3 is 5.73 Å². The molecule has 2 aromatic heterocycles. The van der Waals surface area contributed by atoms with Crippen LogP contribution in [0.1, 0.15) is 17.3 Å². The average Bonchev–Trinajstić information content (AvgIpc) is 2.29. The molecule has 0 aromatic carbocycles. The van der Waals surface area contributed by atoms with Crippen LogP contribution >= 0.6 is 31.9 Å². The average molecular weight is 357 g/mol. The van der Waals surface area contributed by atoms with E-state index in [2.05, 4.69) is 41.8 Å². The van der Waals surface area contributed by atoms with E-state index in [0.29, 0.717) is 6.42 Å². The zero-order chi connectivity index (χ0) is 12.3. The van der Waals surface area contributed by atoms with Gasteiger partial charge >= 0.3 is 0 Å². The summed E-state index contributed by atoms with van der Waals surface area (Å²) in [4.78, 5) is 8.41. The molecule has 2 aromatic rings. The Morgan fingerprint density at radius 1 is 1.29 bits per heavy atom. The maximum absolute atomic E-state index is 6.14. The fraction of sp³-hybridized carbons (Fsp3) is 0.167. The van der Waals surface area contributed by atoms with E-state index >= 15 is 0 Å². The van der Waals surface area contributed by atoms with Crippen molar-refractivity contribution in [3.8, 4) is 0 Å². The van der Waals surface area contributed by atoms with Crippen molar-refractivity contribution in [2.75, 3.05) is 0 Å². The molecule has 0 fully saturated rings. The zero-order valence-corrected chi connectivity index (χ0v) is 12.1. The molecule has 1 unspecified atom stereocenters. The van der Waals surface area contributed by atoms with Crippen molar-refractivity contribution in [2.45, 2.75) is 12.5 Å². The lowest BCUT2D eigenvalue weighted by Crippen LogP contribution is -2.15. The summed E-state index contributed by atoms with van der Waals surface area (Å²) in [7, 11) is 0. The molecule has 2 rings (SSSR count). The van der Waals surface area contributed by atoms with Crippen molar-refractivity contribution >= 4 is 31.9 Å². The third kappa shape index (κ3) is 3.34. The molecule has 0 aliphatic heterocycles. The van der Waals surface area contributed by atoms with E-state index in [-0.39, 0.29) is 6.04 Å². The Kier molecular flexibility index (Phi) is 4.25. The second kappa shape index (κ2) is 5.71. The number of hydrogen-bond acceptors (Lipinski definition) is 3. The Labute approximate surface area is 117 Å². The molecule has 0 aliphatic carbocycles. The summed E-state index contributed by atoms with van der Waals surface area (Å²) in [5, 5.41) is 0. The van der Waals surface area contributed by atoms with Gasteiger partial charge in [-0.2, -0.15) is 0 Å². The molecule has 0 radical (unpaired) electrons. The van der Waals surface area contributed by atoms with Crippen molar-refractivity contribution < 1.29 is 0 Å². The summed E-state index contributed by atoms with van der Waals surface area (Å²) < 4.78 is 1.90. The first kappa shape index (κ1) is 12.7. The molecule has 0 saturated carbocycles. The van der Waals surface area contributed by atoms with Gasteiger partial charge in [-0.15, -0.1) is 0 Å². The number of nitrogens with two attached hydrogens (primary N) is 1. The molecule has 0 saturated heterocycles. The van der Waals surface area contributed by atoms with Crippen LogP contribution < -0.4 is 5.73 Å². The Bertz CT molecular complexity index is 517. The minimum Gasteiger partial charge on any atom is -0.322 e. The first-order chi connectivity index (χ1) is 8.16. The molecule has 0 aliphatic rings. The minimum atomic E-state index is -0.137. The van der Waals surface area contributed by atoms with Crippen molar-refractivity contribution in [3.63, 3.8) is 0 Å². The second-order valence-corrected chi connectivity index (χ2v) is 5.46. The van der Waals surface area contributed by atoms with Crippen LogP contribution in [0.3, 0.4) is 0 Å². The standard InChI is InChI=1S/C12H11Br2N3/c13-9-4-8(6-16-7-9)5-11(15)12-10(14)2-1-3-17-12/h1-4,6-7,11H,5,15H2. The van der Waals surface area contributed by atoms with Gasteiger partial charge in [0.1, 0.15) is 0 Å². The summed E-state index contributed by atoms with van der Waals surface area (Å²) in [5.74, 6) is 0. The van der Waals surface area contributed by atoms with E-state index in [1.54, 1.807) is 12.4 Å². The molecule has 1 atom stereocenters. The number of rotatable bonds is 3. The molecular formula is C12H11Br2N3. The highest BCUT2D eigenvalue weighted by Crippen LogP contribution is 2.22. The van der Waals surface area contributed by atoms with Gasteiger partial charge in [-0.3, -0.25) is 9.97 Å². The molecule has 2 N–H and O–H groups in total. The zero-order valence-electron chi connectivity index (χ0n) is 8.98. The van der Waals surface area contributed by atoms with Crippen LogP contribution in [0.25, 0.3) is 0 Å². The molecule has 88 valence electrons. The normalized spacial score (nSPS) is 12.4.